The molecule has 6 heteroatoms. The van der Waals surface area contributed by atoms with Gasteiger partial charge in [0.05, 0.1) is 11.9 Å². The predicted octanol–water partition coefficient (Wildman–Crippen LogP) is 1.97. The Balaban J connectivity index is 2.15. The number of nitrogens with one attached hydrogen (secondary N) is 2. The van der Waals surface area contributed by atoms with Gasteiger partial charge in [0.2, 0.25) is 10.0 Å². The first kappa shape index (κ1) is 14.7. The second kappa shape index (κ2) is 5.38. The van der Waals surface area contributed by atoms with Crippen LogP contribution in [-0.4, -0.2) is 25.2 Å². The zero-order valence-electron chi connectivity index (χ0n) is 11.8. The molecule has 0 saturated heterocycles. The van der Waals surface area contributed by atoms with E-state index in [-0.39, 0.29) is 10.3 Å². The molecule has 2 N–H and O–H groups in total. The molecule has 108 valence electrons. The lowest BCUT2D eigenvalue weighted by Gasteiger charge is -2.25. The highest BCUT2D eigenvalue weighted by molar-refractivity contribution is 7.89. The summed E-state index contributed by atoms with van der Waals surface area (Å²) < 4.78 is 27.1. The molecule has 1 aromatic heterocycles. The summed E-state index contributed by atoms with van der Waals surface area (Å²) in [6.07, 6.45) is 1.33. The van der Waals surface area contributed by atoms with E-state index in [1.54, 1.807) is 6.92 Å². The summed E-state index contributed by atoms with van der Waals surface area (Å²) in [4.78, 5) is 0.196. The molecule has 0 radical (unpaired) electrons. The summed E-state index contributed by atoms with van der Waals surface area (Å²) in [5.74, 6) is 0. The molecule has 0 atom stereocenters. The maximum absolute atomic E-state index is 12.2. The van der Waals surface area contributed by atoms with E-state index < -0.39 is 10.0 Å². The van der Waals surface area contributed by atoms with Gasteiger partial charge in [-0.1, -0.05) is 44.2 Å². The van der Waals surface area contributed by atoms with Crippen LogP contribution in [0.25, 0.3) is 0 Å². The van der Waals surface area contributed by atoms with Crippen LogP contribution in [0, 0.1) is 6.92 Å². The summed E-state index contributed by atoms with van der Waals surface area (Å²) in [7, 11) is -3.53. The van der Waals surface area contributed by atoms with E-state index in [4.69, 9.17) is 0 Å². The number of hydrogen-bond acceptors (Lipinski definition) is 3. The van der Waals surface area contributed by atoms with Crippen LogP contribution < -0.4 is 4.72 Å². The van der Waals surface area contributed by atoms with Gasteiger partial charge in [-0.2, -0.15) is 5.10 Å². The average molecular weight is 293 g/mol. The van der Waals surface area contributed by atoms with Gasteiger partial charge in [-0.15, -0.1) is 0 Å². The Hall–Kier alpha value is -1.66. The number of aryl methyl sites for hydroxylation is 1. The molecule has 2 rings (SSSR count). The molecular weight excluding hydrogens is 274 g/mol. The third-order valence-corrected chi connectivity index (χ3v) is 4.85. The molecule has 5 nitrogen and oxygen atoms in total. The monoisotopic (exact) mass is 293 g/mol. The zero-order valence-corrected chi connectivity index (χ0v) is 12.7. The Labute approximate surface area is 119 Å². The first-order valence-corrected chi connectivity index (χ1v) is 7.86. The fraction of sp³-hybridized carbons (Fsp3) is 0.357. The number of aromatic amines is 1. The van der Waals surface area contributed by atoms with Crippen LogP contribution in [0.4, 0.5) is 0 Å². The van der Waals surface area contributed by atoms with Crippen molar-refractivity contribution in [3.63, 3.8) is 0 Å². The summed E-state index contributed by atoms with van der Waals surface area (Å²) in [6, 6.07) is 9.84. The van der Waals surface area contributed by atoms with E-state index in [1.807, 2.05) is 44.2 Å². The fourth-order valence-electron chi connectivity index (χ4n) is 1.96. The van der Waals surface area contributed by atoms with Gasteiger partial charge < -0.3 is 0 Å². The number of sulfonamides is 1. The minimum atomic E-state index is -3.53. The highest BCUT2D eigenvalue weighted by Gasteiger charge is 2.25. The topological polar surface area (TPSA) is 74.8 Å². The second-order valence-electron chi connectivity index (χ2n) is 5.43. The Morgan fingerprint density at radius 1 is 1.25 bits per heavy atom. The summed E-state index contributed by atoms with van der Waals surface area (Å²) in [6.45, 7) is 6.02. The van der Waals surface area contributed by atoms with Gasteiger partial charge in [-0.3, -0.25) is 5.10 Å². The number of benzene rings is 1. The van der Waals surface area contributed by atoms with E-state index in [1.165, 1.54) is 6.20 Å². The predicted molar refractivity (Wildman–Crippen MR) is 78.0 cm³/mol. The first-order valence-electron chi connectivity index (χ1n) is 6.38. The molecule has 0 aliphatic heterocycles. The number of H-pyrrole nitrogens is 1. The lowest BCUT2D eigenvalue weighted by atomic mass is 9.85. The summed E-state index contributed by atoms with van der Waals surface area (Å²) in [5, 5.41) is 6.38. The van der Waals surface area contributed by atoms with Crippen molar-refractivity contribution in [3.05, 3.63) is 47.8 Å². The Kier molecular flexibility index (Phi) is 3.96. The van der Waals surface area contributed by atoms with Crippen LogP contribution in [0.2, 0.25) is 0 Å². The van der Waals surface area contributed by atoms with E-state index >= 15 is 0 Å². The Morgan fingerprint density at radius 3 is 2.45 bits per heavy atom. The van der Waals surface area contributed by atoms with Gasteiger partial charge in [0, 0.05) is 12.0 Å². The first-order chi connectivity index (χ1) is 9.33. The van der Waals surface area contributed by atoms with Crippen LogP contribution in [0.1, 0.15) is 25.1 Å². The molecule has 1 heterocycles. The molecule has 0 aliphatic carbocycles. The SMILES string of the molecule is Cc1[nH]ncc1S(=O)(=O)NCC(C)(C)c1ccccc1. The maximum Gasteiger partial charge on any atom is 0.243 e. The maximum atomic E-state index is 12.2. The van der Waals surface area contributed by atoms with Crippen molar-refractivity contribution in [3.8, 4) is 0 Å². The summed E-state index contributed by atoms with van der Waals surface area (Å²) >= 11 is 0. The number of nitrogens with zero attached hydrogens (tertiary/aromatic N) is 1. The van der Waals surface area contributed by atoms with E-state index in [9.17, 15) is 8.42 Å². The molecule has 0 amide bonds. The molecule has 1 aromatic carbocycles. The van der Waals surface area contributed by atoms with Crippen molar-refractivity contribution in [1.82, 2.24) is 14.9 Å². The Morgan fingerprint density at radius 2 is 1.90 bits per heavy atom. The summed E-state index contributed by atoms with van der Waals surface area (Å²) in [5.41, 5.74) is 1.34. The number of hydrogen-bond donors (Lipinski definition) is 2. The van der Waals surface area contributed by atoms with Crippen molar-refractivity contribution >= 4 is 10.0 Å². The standard InChI is InChI=1S/C14H19N3O2S/c1-11-13(9-15-17-11)20(18,19)16-10-14(2,3)12-7-5-4-6-8-12/h4-9,16H,10H2,1-3H3,(H,15,17). The third kappa shape index (κ3) is 3.08. The highest BCUT2D eigenvalue weighted by atomic mass is 32.2. The fourth-order valence-corrected chi connectivity index (χ4v) is 3.30. The van der Waals surface area contributed by atoms with Gasteiger partial charge in [0.15, 0.2) is 0 Å². The molecule has 0 aliphatic rings. The van der Waals surface area contributed by atoms with Crippen LogP contribution >= 0.6 is 0 Å². The minimum absolute atomic E-state index is 0.196. The van der Waals surface area contributed by atoms with Gasteiger partial charge in [-0.25, -0.2) is 13.1 Å². The molecule has 2 aromatic rings. The molecule has 0 unspecified atom stereocenters. The molecule has 0 spiro atoms. The van der Waals surface area contributed by atoms with Crippen LogP contribution in [0.5, 0.6) is 0 Å². The van der Waals surface area contributed by atoms with Crippen LogP contribution in [-0.2, 0) is 15.4 Å². The highest BCUT2D eigenvalue weighted by Crippen LogP contribution is 2.22. The van der Waals surface area contributed by atoms with Gasteiger partial charge >= 0.3 is 0 Å². The van der Waals surface area contributed by atoms with Gasteiger partial charge in [-0.05, 0) is 12.5 Å². The third-order valence-electron chi connectivity index (χ3n) is 3.33. The van der Waals surface area contributed by atoms with Gasteiger partial charge in [0.25, 0.3) is 0 Å². The average Bonchev–Trinajstić information content (AvgIpc) is 2.85. The lowest BCUT2D eigenvalue weighted by molar-refractivity contribution is 0.501. The van der Waals surface area contributed by atoms with Crippen molar-refractivity contribution in [2.45, 2.75) is 31.1 Å². The van der Waals surface area contributed by atoms with Gasteiger partial charge in [0.1, 0.15) is 4.90 Å². The molecular formula is C14H19N3O2S. The normalized spacial score (nSPS) is 12.6. The van der Waals surface area contributed by atoms with Crippen molar-refractivity contribution in [2.75, 3.05) is 6.54 Å². The molecule has 20 heavy (non-hydrogen) atoms. The minimum Gasteiger partial charge on any atom is -0.281 e. The Bertz CT molecular complexity index is 675. The molecule has 0 bridgehead atoms. The van der Waals surface area contributed by atoms with E-state index in [0.717, 1.165) is 5.56 Å². The van der Waals surface area contributed by atoms with Crippen LogP contribution in [0.3, 0.4) is 0 Å². The van der Waals surface area contributed by atoms with Crippen molar-refractivity contribution in [1.29, 1.82) is 0 Å². The zero-order chi connectivity index (χ0) is 14.8. The smallest absolute Gasteiger partial charge is 0.243 e. The van der Waals surface area contributed by atoms with Crippen molar-refractivity contribution in [2.24, 2.45) is 0 Å². The molecule has 0 saturated carbocycles. The molecule has 0 fully saturated rings. The van der Waals surface area contributed by atoms with Crippen LogP contribution in [0.15, 0.2) is 41.4 Å². The second-order valence-corrected chi connectivity index (χ2v) is 7.17. The van der Waals surface area contributed by atoms with E-state index in [0.29, 0.717) is 12.2 Å². The van der Waals surface area contributed by atoms with E-state index in [2.05, 4.69) is 14.9 Å². The lowest BCUT2D eigenvalue weighted by Crippen LogP contribution is -2.36. The largest absolute Gasteiger partial charge is 0.281 e. The van der Waals surface area contributed by atoms with Crippen molar-refractivity contribution < 1.29 is 8.42 Å². The number of aromatic nitrogens is 2. The number of rotatable bonds is 5. The quantitative estimate of drug-likeness (QED) is 0.885.